The minimum absolute atomic E-state index is 0.0176. The Bertz CT molecular complexity index is 825. The molecule has 134 valence electrons. The van der Waals surface area contributed by atoms with Crippen molar-refractivity contribution < 1.29 is 39.0 Å². The van der Waals surface area contributed by atoms with Crippen molar-refractivity contribution in [2.24, 2.45) is 0 Å². The molecule has 1 atom stereocenters. The Morgan fingerprint density at radius 1 is 1.08 bits per heavy atom. The molecule has 0 radical (unpaired) electrons. The van der Waals surface area contributed by atoms with Crippen molar-refractivity contribution in [2.45, 2.75) is 19.3 Å². The Balaban J connectivity index is 2.53. The number of aromatic hydroxyl groups is 3. The van der Waals surface area contributed by atoms with E-state index in [-0.39, 0.29) is 5.75 Å². The summed E-state index contributed by atoms with van der Waals surface area (Å²) in [6.45, 7) is 1.72. The zero-order valence-electron chi connectivity index (χ0n) is 13.2. The third kappa shape index (κ3) is 4.51. The quantitative estimate of drug-likeness (QED) is 0.386. The number of ketones is 1. The van der Waals surface area contributed by atoms with Gasteiger partial charge in [-0.25, -0.2) is 4.57 Å². The molecular formula is C16H17O8P. The van der Waals surface area contributed by atoms with Gasteiger partial charge in [0.15, 0.2) is 5.78 Å². The summed E-state index contributed by atoms with van der Waals surface area (Å²) in [5.41, 5.74) is 0.0981. The molecule has 0 saturated carbocycles. The van der Waals surface area contributed by atoms with Gasteiger partial charge in [0.2, 0.25) is 0 Å². The summed E-state index contributed by atoms with van der Waals surface area (Å²) >= 11 is 0. The van der Waals surface area contributed by atoms with Gasteiger partial charge in [-0.1, -0.05) is 19.1 Å². The number of Topliss-reactive ketones (excluding diaryl/α,β-unsaturated/α-hetero) is 1. The number of hydrogen-bond donors (Lipinski definition) is 5. The van der Waals surface area contributed by atoms with E-state index < -0.39 is 42.3 Å². The molecule has 5 N–H and O–H groups in total. The number of hydrogen-bond acceptors (Lipinski definition) is 6. The summed E-state index contributed by atoms with van der Waals surface area (Å²) in [6.07, 6.45) is 0.319. The van der Waals surface area contributed by atoms with E-state index in [0.717, 1.165) is 12.1 Å². The maximum Gasteiger partial charge on any atom is 0.524 e. The van der Waals surface area contributed by atoms with Crippen LogP contribution in [0.5, 0.6) is 23.0 Å². The van der Waals surface area contributed by atoms with E-state index >= 15 is 0 Å². The highest BCUT2D eigenvalue weighted by molar-refractivity contribution is 7.46. The summed E-state index contributed by atoms with van der Waals surface area (Å²) in [5.74, 6) is -3.18. The van der Waals surface area contributed by atoms with Gasteiger partial charge in [0.05, 0.1) is 0 Å². The third-order valence-corrected chi connectivity index (χ3v) is 3.98. The molecule has 0 amide bonds. The first-order chi connectivity index (χ1) is 11.6. The molecule has 0 aliphatic rings. The molecule has 0 saturated heterocycles. The normalized spacial score (nSPS) is 12.6. The van der Waals surface area contributed by atoms with E-state index in [1.165, 1.54) is 24.3 Å². The van der Waals surface area contributed by atoms with Gasteiger partial charge in [0, 0.05) is 18.1 Å². The van der Waals surface area contributed by atoms with Crippen LogP contribution in [0.4, 0.5) is 0 Å². The number of carbonyl (C=O) groups excluding carboxylic acids is 1. The topological polar surface area (TPSA) is 145 Å². The Hall–Kier alpha value is -2.54. The van der Waals surface area contributed by atoms with Crippen LogP contribution in [-0.4, -0.2) is 30.9 Å². The highest BCUT2D eigenvalue weighted by Crippen LogP contribution is 2.44. The molecule has 0 fully saturated rings. The van der Waals surface area contributed by atoms with Crippen molar-refractivity contribution in [3.8, 4) is 23.0 Å². The van der Waals surface area contributed by atoms with E-state index in [1.54, 1.807) is 6.92 Å². The molecule has 8 nitrogen and oxygen atoms in total. The van der Waals surface area contributed by atoms with Crippen LogP contribution in [0, 0.1) is 0 Å². The minimum atomic E-state index is -5.02. The summed E-state index contributed by atoms with van der Waals surface area (Å²) in [7, 11) is -5.02. The Morgan fingerprint density at radius 3 is 2.20 bits per heavy atom. The molecule has 1 unspecified atom stereocenters. The van der Waals surface area contributed by atoms with Gasteiger partial charge in [-0.05, 0) is 24.1 Å². The first-order valence-corrected chi connectivity index (χ1v) is 8.79. The molecule has 2 aromatic carbocycles. The van der Waals surface area contributed by atoms with Crippen molar-refractivity contribution >= 4 is 13.6 Å². The molecular weight excluding hydrogens is 351 g/mol. The van der Waals surface area contributed by atoms with Gasteiger partial charge in [0.1, 0.15) is 28.6 Å². The first-order valence-electron chi connectivity index (χ1n) is 7.26. The van der Waals surface area contributed by atoms with E-state index in [2.05, 4.69) is 4.52 Å². The monoisotopic (exact) mass is 368 g/mol. The van der Waals surface area contributed by atoms with Gasteiger partial charge in [-0.15, -0.1) is 0 Å². The average Bonchev–Trinajstić information content (AvgIpc) is 2.47. The highest BCUT2D eigenvalue weighted by Gasteiger charge is 2.30. The molecule has 9 heteroatoms. The number of carbonyl (C=O) groups is 1. The van der Waals surface area contributed by atoms with Crippen molar-refractivity contribution in [2.75, 3.05) is 0 Å². The molecule has 0 spiro atoms. The second-order valence-corrected chi connectivity index (χ2v) is 6.50. The number of phenolic OH excluding ortho intramolecular Hbond substituents is 3. The van der Waals surface area contributed by atoms with Crippen molar-refractivity contribution in [1.82, 2.24) is 0 Å². The third-order valence-electron chi connectivity index (χ3n) is 3.55. The summed E-state index contributed by atoms with van der Waals surface area (Å²) in [4.78, 5) is 30.8. The van der Waals surface area contributed by atoms with Gasteiger partial charge in [-0.2, -0.15) is 0 Å². The van der Waals surface area contributed by atoms with Crippen LogP contribution < -0.4 is 4.52 Å². The zero-order chi connectivity index (χ0) is 18.8. The molecule has 0 bridgehead atoms. The van der Waals surface area contributed by atoms with Crippen LogP contribution in [0.1, 0.15) is 35.2 Å². The second kappa shape index (κ2) is 7.14. The number of phosphoric ester groups is 1. The van der Waals surface area contributed by atoms with Crippen LogP contribution in [0.2, 0.25) is 0 Å². The molecule has 0 aliphatic heterocycles. The van der Waals surface area contributed by atoms with Gasteiger partial charge >= 0.3 is 7.82 Å². The fourth-order valence-corrected chi connectivity index (χ4v) is 2.89. The standard InChI is InChI=1S/C16H17O8P/c1-2-12(9-3-5-10(17)6-4-9)16(20)15-13(19)7-11(18)8-14(15)24-25(21,22)23/h3-8,12,17-19H,2H2,1H3,(H2,21,22,23). The molecule has 0 aliphatic carbocycles. The van der Waals surface area contributed by atoms with Crippen LogP contribution in [0.3, 0.4) is 0 Å². The summed E-state index contributed by atoms with van der Waals surface area (Å²) < 4.78 is 15.6. The molecule has 0 heterocycles. The van der Waals surface area contributed by atoms with Gasteiger partial charge in [0.25, 0.3) is 0 Å². The molecule has 25 heavy (non-hydrogen) atoms. The Morgan fingerprint density at radius 2 is 1.68 bits per heavy atom. The lowest BCUT2D eigenvalue weighted by molar-refractivity contribution is 0.0952. The summed E-state index contributed by atoms with van der Waals surface area (Å²) in [5, 5.41) is 28.9. The number of benzene rings is 2. The maximum atomic E-state index is 12.9. The second-order valence-electron chi connectivity index (χ2n) is 5.34. The summed E-state index contributed by atoms with van der Waals surface area (Å²) in [6, 6.07) is 7.58. The molecule has 2 aromatic rings. The largest absolute Gasteiger partial charge is 0.524 e. The first kappa shape index (κ1) is 18.8. The van der Waals surface area contributed by atoms with Crippen LogP contribution in [-0.2, 0) is 4.57 Å². The lowest BCUT2D eigenvalue weighted by Gasteiger charge is -2.18. The predicted molar refractivity (Wildman–Crippen MR) is 87.9 cm³/mol. The SMILES string of the molecule is CCC(C(=O)c1c(O)cc(O)cc1OP(=O)(O)O)c1ccc(O)cc1. The number of phosphoric acid groups is 1. The van der Waals surface area contributed by atoms with E-state index in [1.807, 2.05) is 0 Å². The lowest BCUT2D eigenvalue weighted by Crippen LogP contribution is -2.14. The van der Waals surface area contributed by atoms with Crippen LogP contribution in [0.25, 0.3) is 0 Å². The van der Waals surface area contributed by atoms with Gasteiger partial charge < -0.3 is 19.8 Å². The van der Waals surface area contributed by atoms with E-state index in [0.29, 0.717) is 12.0 Å². The lowest BCUT2D eigenvalue weighted by atomic mass is 9.88. The highest BCUT2D eigenvalue weighted by atomic mass is 31.2. The van der Waals surface area contributed by atoms with Crippen molar-refractivity contribution in [3.63, 3.8) is 0 Å². The van der Waals surface area contributed by atoms with E-state index in [4.69, 9.17) is 9.79 Å². The average molecular weight is 368 g/mol. The Labute approximate surface area is 143 Å². The van der Waals surface area contributed by atoms with Gasteiger partial charge in [-0.3, -0.25) is 14.6 Å². The maximum absolute atomic E-state index is 12.9. The predicted octanol–water partition coefficient (Wildman–Crippen LogP) is 2.65. The fourth-order valence-electron chi connectivity index (χ4n) is 2.49. The number of phenols is 3. The molecule has 0 aromatic heterocycles. The van der Waals surface area contributed by atoms with Crippen molar-refractivity contribution in [1.29, 1.82) is 0 Å². The fraction of sp³-hybridized carbons (Fsp3) is 0.188. The van der Waals surface area contributed by atoms with Crippen LogP contribution in [0.15, 0.2) is 36.4 Å². The Kier molecular flexibility index (Phi) is 5.37. The van der Waals surface area contributed by atoms with Crippen molar-refractivity contribution in [3.05, 3.63) is 47.5 Å². The molecule has 2 rings (SSSR count). The number of rotatable bonds is 6. The minimum Gasteiger partial charge on any atom is -0.508 e. The zero-order valence-corrected chi connectivity index (χ0v) is 14.1. The smallest absolute Gasteiger partial charge is 0.508 e. The van der Waals surface area contributed by atoms with E-state index in [9.17, 15) is 24.7 Å². The van der Waals surface area contributed by atoms with Crippen LogP contribution >= 0.6 is 7.82 Å².